The number of benzene rings is 1. The van der Waals surface area contributed by atoms with Crippen LogP contribution in [0.3, 0.4) is 0 Å². The van der Waals surface area contributed by atoms with Crippen LogP contribution in [0.5, 0.6) is 0 Å². The van der Waals surface area contributed by atoms with E-state index in [-0.39, 0.29) is 0 Å². The van der Waals surface area contributed by atoms with E-state index in [1.807, 2.05) is 0 Å². The lowest BCUT2D eigenvalue weighted by Gasteiger charge is -2.33. The number of aryl methyl sites for hydroxylation is 1. The fourth-order valence-electron chi connectivity index (χ4n) is 4.26. The molecule has 4 rings (SSSR count). The van der Waals surface area contributed by atoms with Crippen molar-refractivity contribution in [2.45, 2.75) is 26.2 Å². The summed E-state index contributed by atoms with van der Waals surface area (Å²) in [6.45, 7) is 9.77. The second-order valence-electron chi connectivity index (χ2n) is 8.19. The average Bonchev–Trinajstić information content (AvgIpc) is 2.75. The lowest BCUT2D eigenvalue weighted by atomic mass is 9.90. The molecule has 29 heavy (non-hydrogen) atoms. The molecule has 2 aliphatic heterocycles. The zero-order chi connectivity index (χ0) is 19.9. The SMILES string of the molecule is Cc1cc(N2CCC(Cc3ccccc3)CC2)nc(NCCN2CCOCC2)n1. The highest BCUT2D eigenvalue weighted by Gasteiger charge is 2.21. The Balaban J connectivity index is 1.28. The number of hydrogen-bond donors (Lipinski definition) is 1. The van der Waals surface area contributed by atoms with Crippen LogP contribution in [0.2, 0.25) is 0 Å². The van der Waals surface area contributed by atoms with Crippen LogP contribution in [-0.2, 0) is 11.2 Å². The molecule has 1 aromatic heterocycles. The third-order valence-electron chi connectivity index (χ3n) is 5.96. The summed E-state index contributed by atoms with van der Waals surface area (Å²) in [4.78, 5) is 14.2. The van der Waals surface area contributed by atoms with Crippen LogP contribution in [-0.4, -0.2) is 67.4 Å². The summed E-state index contributed by atoms with van der Waals surface area (Å²) in [6.07, 6.45) is 3.63. The number of nitrogens with zero attached hydrogens (tertiary/aromatic N) is 4. The predicted octanol–water partition coefficient (Wildman–Crippen LogP) is 2.99. The molecule has 6 heteroatoms. The van der Waals surface area contributed by atoms with E-state index in [1.165, 1.54) is 24.8 Å². The van der Waals surface area contributed by atoms with E-state index in [9.17, 15) is 0 Å². The maximum Gasteiger partial charge on any atom is 0.224 e. The fourth-order valence-corrected chi connectivity index (χ4v) is 4.26. The Morgan fingerprint density at radius 1 is 1.03 bits per heavy atom. The maximum absolute atomic E-state index is 5.41. The van der Waals surface area contributed by atoms with Crippen molar-refractivity contribution in [2.75, 3.05) is 62.7 Å². The van der Waals surface area contributed by atoms with Gasteiger partial charge in [0.05, 0.1) is 13.2 Å². The van der Waals surface area contributed by atoms with Crippen molar-refractivity contribution in [3.8, 4) is 0 Å². The number of aromatic nitrogens is 2. The molecule has 1 N–H and O–H groups in total. The van der Waals surface area contributed by atoms with Crippen LogP contribution in [0.4, 0.5) is 11.8 Å². The molecule has 0 saturated carbocycles. The van der Waals surface area contributed by atoms with Gasteiger partial charge < -0.3 is 15.0 Å². The van der Waals surface area contributed by atoms with E-state index in [0.717, 1.165) is 75.9 Å². The van der Waals surface area contributed by atoms with Crippen molar-refractivity contribution in [3.63, 3.8) is 0 Å². The molecule has 0 spiro atoms. The van der Waals surface area contributed by atoms with Crippen molar-refractivity contribution >= 4 is 11.8 Å². The van der Waals surface area contributed by atoms with Crippen LogP contribution in [0.25, 0.3) is 0 Å². The molecule has 0 aliphatic carbocycles. The van der Waals surface area contributed by atoms with Crippen molar-refractivity contribution in [1.29, 1.82) is 0 Å². The van der Waals surface area contributed by atoms with Gasteiger partial charge in [0.2, 0.25) is 5.95 Å². The van der Waals surface area contributed by atoms with Crippen LogP contribution in [0, 0.1) is 12.8 Å². The predicted molar refractivity (Wildman–Crippen MR) is 118 cm³/mol. The molecule has 3 heterocycles. The van der Waals surface area contributed by atoms with E-state index >= 15 is 0 Å². The molecule has 156 valence electrons. The van der Waals surface area contributed by atoms with Crippen LogP contribution < -0.4 is 10.2 Å². The number of anilines is 2. The third-order valence-corrected chi connectivity index (χ3v) is 5.96. The van der Waals surface area contributed by atoms with Gasteiger partial charge in [-0.1, -0.05) is 30.3 Å². The van der Waals surface area contributed by atoms with Gasteiger partial charge >= 0.3 is 0 Å². The van der Waals surface area contributed by atoms with E-state index in [0.29, 0.717) is 0 Å². The first-order valence-corrected chi connectivity index (χ1v) is 10.9. The van der Waals surface area contributed by atoms with Gasteiger partial charge in [0, 0.05) is 51.0 Å². The Morgan fingerprint density at radius 3 is 2.55 bits per heavy atom. The molecule has 1 aromatic carbocycles. The molecule has 2 aliphatic rings. The smallest absolute Gasteiger partial charge is 0.224 e. The van der Waals surface area contributed by atoms with Gasteiger partial charge in [0.25, 0.3) is 0 Å². The van der Waals surface area contributed by atoms with Crippen molar-refractivity contribution in [2.24, 2.45) is 5.92 Å². The molecule has 2 saturated heterocycles. The Labute approximate surface area is 174 Å². The lowest BCUT2D eigenvalue weighted by molar-refractivity contribution is 0.0398. The highest BCUT2D eigenvalue weighted by atomic mass is 16.5. The molecule has 0 bridgehead atoms. The topological polar surface area (TPSA) is 53.5 Å². The van der Waals surface area contributed by atoms with Crippen LogP contribution >= 0.6 is 0 Å². The number of hydrogen-bond acceptors (Lipinski definition) is 6. The minimum absolute atomic E-state index is 0.750. The number of morpholine rings is 1. The second kappa shape index (κ2) is 10.0. The maximum atomic E-state index is 5.41. The van der Waals surface area contributed by atoms with Crippen LogP contribution in [0.1, 0.15) is 24.1 Å². The Bertz CT molecular complexity index is 755. The van der Waals surface area contributed by atoms with Gasteiger partial charge in [0.15, 0.2) is 0 Å². The van der Waals surface area contributed by atoms with E-state index in [2.05, 4.69) is 63.4 Å². The van der Waals surface area contributed by atoms with E-state index < -0.39 is 0 Å². The summed E-state index contributed by atoms with van der Waals surface area (Å²) >= 11 is 0. The lowest BCUT2D eigenvalue weighted by Crippen LogP contribution is -2.39. The van der Waals surface area contributed by atoms with Gasteiger partial charge in [-0.05, 0) is 37.7 Å². The molecular formula is C23H33N5O. The summed E-state index contributed by atoms with van der Waals surface area (Å²) in [6, 6.07) is 13.0. The molecule has 6 nitrogen and oxygen atoms in total. The summed E-state index contributed by atoms with van der Waals surface area (Å²) in [5, 5.41) is 3.42. The summed E-state index contributed by atoms with van der Waals surface area (Å²) in [7, 11) is 0. The fraction of sp³-hybridized carbons (Fsp3) is 0.565. The molecule has 0 unspecified atom stereocenters. The summed E-state index contributed by atoms with van der Waals surface area (Å²) in [5.41, 5.74) is 2.48. The van der Waals surface area contributed by atoms with Gasteiger partial charge in [-0.2, -0.15) is 4.98 Å². The first kappa shape index (κ1) is 20.1. The number of rotatable bonds is 7. The van der Waals surface area contributed by atoms with Gasteiger partial charge in [-0.3, -0.25) is 4.90 Å². The Morgan fingerprint density at radius 2 is 1.79 bits per heavy atom. The van der Waals surface area contributed by atoms with Gasteiger partial charge in [0.1, 0.15) is 5.82 Å². The minimum atomic E-state index is 0.750. The molecule has 2 aromatic rings. The van der Waals surface area contributed by atoms with Gasteiger partial charge in [-0.25, -0.2) is 4.98 Å². The number of piperidine rings is 1. The van der Waals surface area contributed by atoms with Gasteiger partial charge in [-0.15, -0.1) is 0 Å². The normalized spacial score (nSPS) is 18.7. The Hall–Kier alpha value is -2.18. The number of ether oxygens (including phenoxy) is 1. The summed E-state index contributed by atoms with van der Waals surface area (Å²) < 4.78 is 5.41. The quantitative estimate of drug-likeness (QED) is 0.778. The minimum Gasteiger partial charge on any atom is -0.379 e. The van der Waals surface area contributed by atoms with Crippen molar-refractivity contribution in [3.05, 3.63) is 47.7 Å². The van der Waals surface area contributed by atoms with Crippen molar-refractivity contribution in [1.82, 2.24) is 14.9 Å². The van der Waals surface area contributed by atoms with Crippen molar-refractivity contribution < 1.29 is 4.74 Å². The third kappa shape index (κ3) is 5.90. The largest absolute Gasteiger partial charge is 0.379 e. The van der Waals surface area contributed by atoms with E-state index in [4.69, 9.17) is 9.72 Å². The molecule has 2 fully saturated rings. The number of nitrogens with one attached hydrogen (secondary N) is 1. The molecule has 0 amide bonds. The van der Waals surface area contributed by atoms with Crippen LogP contribution in [0.15, 0.2) is 36.4 Å². The Kier molecular flexibility index (Phi) is 6.96. The highest BCUT2D eigenvalue weighted by Crippen LogP contribution is 2.25. The summed E-state index contributed by atoms with van der Waals surface area (Å²) in [5.74, 6) is 2.58. The first-order chi connectivity index (χ1) is 14.3. The highest BCUT2D eigenvalue weighted by molar-refractivity contribution is 5.45. The second-order valence-corrected chi connectivity index (χ2v) is 8.19. The monoisotopic (exact) mass is 395 g/mol. The molecule has 0 atom stereocenters. The molecular weight excluding hydrogens is 362 g/mol. The zero-order valence-electron chi connectivity index (χ0n) is 17.5. The first-order valence-electron chi connectivity index (χ1n) is 10.9. The van der Waals surface area contributed by atoms with E-state index in [1.54, 1.807) is 0 Å². The zero-order valence-corrected chi connectivity index (χ0v) is 17.5. The molecule has 0 radical (unpaired) electrons. The standard InChI is InChI=1S/C23H33N5O/c1-19-17-22(26-23(25-19)24-9-12-27-13-15-29-16-14-27)28-10-7-21(8-11-28)18-20-5-3-2-4-6-20/h2-6,17,21H,7-16,18H2,1H3,(H,24,25,26). The average molecular weight is 396 g/mol.